The van der Waals surface area contributed by atoms with E-state index in [2.05, 4.69) is 0 Å². The van der Waals surface area contributed by atoms with Crippen molar-refractivity contribution in [3.8, 4) is 0 Å². The molecule has 0 radical (unpaired) electrons. The van der Waals surface area contributed by atoms with Crippen LogP contribution in [0.4, 0.5) is 24.5 Å². The smallest absolute Gasteiger partial charge is 0.398 e. The number of nitrogens with one attached hydrogen (secondary N) is 1. The lowest BCUT2D eigenvalue weighted by atomic mass is 10.1. The van der Waals surface area contributed by atoms with Crippen molar-refractivity contribution in [2.24, 2.45) is 0 Å². The van der Waals surface area contributed by atoms with Crippen LogP contribution in [-0.2, 0) is 23.1 Å². The summed E-state index contributed by atoms with van der Waals surface area (Å²) in [5.74, 6) is -0.222. The second kappa shape index (κ2) is 6.20. The van der Waals surface area contributed by atoms with E-state index in [4.69, 9.17) is 5.73 Å². The standard InChI is InChI=1S/C16H14F3N3O3S/c17-16(18,19)26(24,25)21-12-6-4-10(5-7-12)8-22-9-11-2-1-3-13(20)14(11)15(22)23/h1-7,21H,8-9,20H2. The quantitative estimate of drug-likeness (QED) is 0.792. The SMILES string of the molecule is Nc1cccc2c1C(=O)N(Cc1ccc(NS(=O)(=O)C(F)(F)F)cc1)C2. The molecule has 3 N–H and O–H groups in total. The summed E-state index contributed by atoms with van der Waals surface area (Å²) >= 11 is 0. The summed E-state index contributed by atoms with van der Waals surface area (Å²) in [6.45, 7) is 0.598. The zero-order valence-corrected chi connectivity index (χ0v) is 14.1. The van der Waals surface area contributed by atoms with Crippen LogP contribution in [0.2, 0.25) is 0 Å². The molecular formula is C16H14F3N3O3S. The number of hydrogen-bond acceptors (Lipinski definition) is 4. The molecule has 0 spiro atoms. The molecule has 26 heavy (non-hydrogen) atoms. The number of sulfonamides is 1. The highest BCUT2D eigenvalue weighted by molar-refractivity contribution is 7.93. The van der Waals surface area contributed by atoms with Crippen LogP contribution < -0.4 is 10.5 Å². The summed E-state index contributed by atoms with van der Waals surface area (Å²) in [5.41, 5.74) is 2.53. The normalized spacial score (nSPS) is 14.4. The third-order valence-electron chi connectivity index (χ3n) is 3.93. The number of nitrogens with zero attached hydrogens (tertiary/aromatic N) is 1. The fraction of sp³-hybridized carbons (Fsp3) is 0.188. The van der Waals surface area contributed by atoms with Crippen LogP contribution in [0.1, 0.15) is 21.5 Å². The van der Waals surface area contributed by atoms with Crippen LogP contribution in [0.5, 0.6) is 0 Å². The van der Waals surface area contributed by atoms with Gasteiger partial charge in [0.15, 0.2) is 0 Å². The number of benzene rings is 2. The maximum atomic E-state index is 12.4. The first kappa shape index (κ1) is 18.1. The molecule has 0 saturated heterocycles. The van der Waals surface area contributed by atoms with Gasteiger partial charge in [0.25, 0.3) is 5.91 Å². The van der Waals surface area contributed by atoms with Gasteiger partial charge in [0.05, 0.1) is 5.56 Å². The van der Waals surface area contributed by atoms with Crippen LogP contribution in [0.15, 0.2) is 42.5 Å². The zero-order valence-electron chi connectivity index (χ0n) is 13.2. The number of rotatable bonds is 4. The largest absolute Gasteiger partial charge is 0.516 e. The molecule has 1 aliphatic heterocycles. The Labute approximate surface area is 147 Å². The van der Waals surface area contributed by atoms with Crippen molar-refractivity contribution in [1.82, 2.24) is 4.90 Å². The summed E-state index contributed by atoms with van der Waals surface area (Å²) in [7, 11) is -5.46. The van der Waals surface area contributed by atoms with Gasteiger partial charge in [-0.2, -0.15) is 21.6 Å². The maximum absolute atomic E-state index is 12.4. The topological polar surface area (TPSA) is 92.5 Å². The molecule has 2 aromatic carbocycles. The molecule has 0 unspecified atom stereocenters. The van der Waals surface area contributed by atoms with Crippen molar-refractivity contribution in [3.63, 3.8) is 0 Å². The average molecular weight is 385 g/mol. The highest BCUT2D eigenvalue weighted by Crippen LogP contribution is 2.29. The van der Waals surface area contributed by atoms with Crippen molar-refractivity contribution in [3.05, 3.63) is 59.2 Å². The Kier molecular flexibility index (Phi) is 4.31. The predicted molar refractivity (Wildman–Crippen MR) is 89.5 cm³/mol. The van der Waals surface area contributed by atoms with Crippen molar-refractivity contribution < 1.29 is 26.4 Å². The summed E-state index contributed by atoms with van der Waals surface area (Å²) in [4.78, 5) is 14.0. The molecule has 6 nitrogen and oxygen atoms in total. The minimum Gasteiger partial charge on any atom is -0.398 e. The van der Waals surface area contributed by atoms with Crippen molar-refractivity contribution in [2.45, 2.75) is 18.6 Å². The van der Waals surface area contributed by atoms with Gasteiger partial charge in [0.1, 0.15) is 0 Å². The first-order valence-corrected chi connectivity index (χ1v) is 8.91. The number of fused-ring (bicyclic) bond motifs is 1. The van der Waals surface area contributed by atoms with E-state index in [1.807, 2.05) is 0 Å². The van der Waals surface area contributed by atoms with Crippen molar-refractivity contribution in [2.75, 3.05) is 10.5 Å². The van der Waals surface area contributed by atoms with E-state index in [-0.39, 0.29) is 18.1 Å². The second-order valence-corrected chi connectivity index (χ2v) is 7.46. The van der Waals surface area contributed by atoms with Gasteiger partial charge in [-0.05, 0) is 29.3 Å². The number of anilines is 2. The van der Waals surface area contributed by atoms with E-state index in [1.165, 1.54) is 29.0 Å². The molecule has 3 rings (SSSR count). The highest BCUT2D eigenvalue weighted by atomic mass is 32.2. The highest BCUT2D eigenvalue weighted by Gasteiger charge is 2.46. The lowest BCUT2D eigenvalue weighted by Crippen LogP contribution is -2.29. The van der Waals surface area contributed by atoms with Crippen LogP contribution in [-0.4, -0.2) is 24.7 Å². The minimum atomic E-state index is -5.46. The van der Waals surface area contributed by atoms with E-state index in [0.717, 1.165) is 5.56 Å². The molecule has 10 heteroatoms. The number of carbonyl (C=O) groups excluding carboxylic acids is 1. The third-order valence-corrected chi connectivity index (χ3v) is 5.04. The Morgan fingerprint density at radius 3 is 2.35 bits per heavy atom. The van der Waals surface area contributed by atoms with Crippen LogP contribution in [0.25, 0.3) is 0 Å². The van der Waals surface area contributed by atoms with Gasteiger partial charge >= 0.3 is 15.5 Å². The molecule has 0 atom stereocenters. The summed E-state index contributed by atoms with van der Waals surface area (Å²) < 4.78 is 60.7. The molecule has 1 amide bonds. The van der Waals surface area contributed by atoms with Crippen LogP contribution >= 0.6 is 0 Å². The molecule has 0 saturated carbocycles. The van der Waals surface area contributed by atoms with E-state index in [1.54, 1.807) is 23.1 Å². The Balaban J connectivity index is 1.72. The van der Waals surface area contributed by atoms with E-state index < -0.39 is 15.5 Å². The van der Waals surface area contributed by atoms with Gasteiger partial charge in [-0.1, -0.05) is 24.3 Å². The van der Waals surface area contributed by atoms with Crippen molar-refractivity contribution in [1.29, 1.82) is 0 Å². The Morgan fingerprint density at radius 2 is 1.77 bits per heavy atom. The van der Waals surface area contributed by atoms with E-state index >= 15 is 0 Å². The number of carbonyl (C=O) groups is 1. The third kappa shape index (κ3) is 3.32. The van der Waals surface area contributed by atoms with Crippen LogP contribution in [0.3, 0.4) is 0 Å². The molecule has 0 aliphatic carbocycles. The predicted octanol–water partition coefficient (Wildman–Crippen LogP) is 2.69. The number of alkyl halides is 3. The molecule has 1 heterocycles. The number of amides is 1. The van der Waals surface area contributed by atoms with Gasteiger partial charge in [-0.15, -0.1) is 0 Å². The first-order valence-electron chi connectivity index (χ1n) is 7.43. The fourth-order valence-electron chi connectivity index (χ4n) is 2.69. The fourth-order valence-corrected chi connectivity index (χ4v) is 3.25. The molecule has 0 fully saturated rings. The molecule has 138 valence electrons. The number of hydrogen-bond donors (Lipinski definition) is 2. The summed E-state index contributed by atoms with van der Waals surface area (Å²) in [6.07, 6.45) is 0. The maximum Gasteiger partial charge on any atom is 0.516 e. The van der Waals surface area contributed by atoms with Gasteiger partial charge < -0.3 is 10.6 Å². The molecule has 1 aliphatic rings. The van der Waals surface area contributed by atoms with Gasteiger partial charge in [-0.3, -0.25) is 9.52 Å². The van der Waals surface area contributed by atoms with Gasteiger partial charge in [-0.25, -0.2) is 0 Å². The van der Waals surface area contributed by atoms with Crippen LogP contribution in [0, 0.1) is 0 Å². The lowest BCUT2D eigenvalue weighted by Gasteiger charge is -2.16. The van der Waals surface area contributed by atoms with E-state index in [0.29, 0.717) is 23.4 Å². The second-order valence-electron chi connectivity index (χ2n) is 5.79. The van der Waals surface area contributed by atoms with E-state index in [9.17, 15) is 26.4 Å². The molecule has 0 aromatic heterocycles. The number of nitrogens with two attached hydrogens (primary N) is 1. The van der Waals surface area contributed by atoms with Gasteiger partial charge in [0.2, 0.25) is 0 Å². The monoisotopic (exact) mass is 385 g/mol. The lowest BCUT2D eigenvalue weighted by molar-refractivity contribution is -0.0429. The van der Waals surface area contributed by atoms with Crippen molar-refractivity contribution >= 4 is 27.3 Å². The number of nitrogen functional groups attached to an aromatic ring is 1. The Bertz CT molecular complexity index is 957. The average Bonchev–Trinajstić information content (AvgIpc) is 2.85. The zero-order chi connectivity index (χ0) is 19.1. The molecule has 0 bridgehead atoms. The number of halogens is 3. The molecular weight excluding hydrogens is 371 g/mol. The summed E-state index contributed by atoms with van der Waals surface area (Å²) in [5, 5.41) is 0. The Hall–Kier alpha value is -2.75. The summed E-state index contributed by atoms with van der Waals surface area (Å²) in [6, 6.07) is 10.5. The minimum absolute atomic E-state index is 0.216. The first-order chi connectivity index (χ1) is 12.1. The Morgan fingerprint density at radius 1 is 1.12 bits per heavy atom. The molecule has 2 aromatic rings. The van der Waals surface area contributed by atoms with Gasteiger partial charge in [0, 0.05) is 24.5 Å².